The van der Waals surface area contributed by atoms with Crippen LogP contribution in [0, 0.1) is 0 Å². The van der Waals surface area contributed by atoms with Gasteiger partial charge in [-0.2, -0.15) is 0 Å². The topological polar surface area (TPSA) is 6.48 Å². The summed E-state index contributed by atoms with van der Waals surface area (Å²) < 4.78 is 2.65. The van der Waals surface area contributed by atoms with Crippen LogP contribution in [-0.4, -0.2) is 0 Å². The minimum atomic E-state index is -0.718. The normalized spacial score (nSPS) is 12.8. The Bertz CT molecular complexity index is 3330. The maximum Gasteiger partial charge on any atom is 0.0727 e. The molecule has 1 spiro atoms. The van der Waals surface area contributed by atoms with E-state index >= 15 is 0 Å². The monoisotopic (exact) mass is 832 g/mol. The molecular formula is C61H40N2S. The Labute approximate surface area is 377 Å². The Morgan fingerprint density at radius 1 is 0.281 bits per heavy atom. The number of rotatable bonds is 6. The number of para-hydroxylation sites is 4. The molecule has 0 bridgehead atoms. The van der Waals surface area contributed by atoms with Crippen molar-refractivity contribution in [1.82, 2.24) is 0 Å². The van der Waals surface area contributed by atoms with Crippen molar-refractivity contribution in [3.05, 3.63) is 265 Å². The molecule has 2 nitrogen and oxygen atoms in total. The van der Waals surface area contributed by atoms with Gasteiger partial charge in [-0.05, 0) is 129 Å². The largest absolute Gasteiger partial charge is 0.310 e. The Hall–Kier alpha value is -7.98. The summed E-state index contributed by atoms with van der Waals surface area (Å²) >= 11 is 1.92. The van der Waals surface area contributed by atoms with E-state index in [1.807, 2.05) is 11.3 Å². The molecule has 1 aromatic heterocycles. The van der Waals surface area contributed by atoms with Crippen molar-refractivity contribution in [2.45, 2.75) is 5.41 Å². The highest BCUT2D eigenvalue weighted by Gasteiger charge is 2.51. The number of hydrogen-bond acceptors (Lipinski definition) is 3. The van der Waals surface area contributed by atoms with Gasteiger partial charge in [-0.1, -0.05) is 164 Å². The molecule has 300 valence electrons. The summed E-state index contributed by atoms with van der Waals surface area (Å²) in [5, 5.41) is 2.62. The predicted octanol–water partition coefficient (Wildman–Crippen LogP) is 17.0. The van der Waals surface area contributed by atoms with Crippen LogP contribution in [0.4, 0.5) is 34.1 Å². The molecule has 11 aromatic rings. The van der Waals surface area contributed by atoms with Gasteiger partial charge in [-0.3, -0.25) is 0 Å². The van der Waals surface area contributed by atoms with Crippen molar-refractivity contribution in [2.75, 3.05) is 9.80 Å². The van der Waals surface area contributed by atoms with Crippen LogP contribution in [0.2, 0.25) is 0 Å². The van der Waals surface area contributed by atoms with E-state index in [-0.39, 0.29) is 0 Å². The van der Waals surface area contributed by atoms with Crippen LogP contribution in [0.5, 0.6) is 0 Å². The summed E-state index contributed by atoms with van der Waals surface area (Å²) in [7, 11) is 0. The van der Waals surface area contributed by atoms with Crippen molar-refractivity contribution < 1.29 is 0 Å². The molecule has 0 aliphatic heterocycles. The fourth-order valence-corrected chi connectivity index (χ4v) is 12.1. The first kappa shape index (κ1) is 36.7. The first-order chi connectivity index (χ1) is 31.8. The van der Waals surface area contributed by atoms with Gasteiger partial charge in [0.2, 0.25) is 0 Å². The first-order valence-corrected chi connectivity index (χ1v) is 22.8. The van der Waals surface area contributed by atoms with Crippen molar-refractivity contribution in [1.29, 1.82) is 0 Å². The lowest BCUT2D eigenvalue weighted by atomic mass is 9.65. The van der Waals surface area contributed by atoms with E-state index in [0.717, 1.165) is 34.1 Å². The zero-order chi connectivity index (χ0) is 42.2. The molecule has 13 rings (SSSR count). The van der Waals surface area contributed by atoms with Gasteiger partial charge in [0.25, 0.3) is 0 Å². The van der Waals surface area contributed by atoms with Crippen LogP contribution in [0.1, 0.15) is 22.3 Å². The van der Waals surface area contributed by atoms with Crippen LogP contribution >= 0.6 is 11.3 Å². The summed E-state index contributed by atoms with van der Waals surface area (Å²) in [5.74, 6) is 0. The Morgan fingerprint density at radius 3 is 1.23 bits per heavy atom. The lowest BCUT2D eigenvalue weighted by Gasteiger charge is -2.37. The van der Waals surface area contributed by atoms with Crippen molar-refractivity contribution >= 4 is 65.6 Å². The molecule has 64 heavy (non-hydrogen) atoms. The third-order valence-electron chi connectivity index (χ3n) is 13.4. The summed E-state index contributed by atoms with van der Waals surface area (Å²) in [5.41, 5.74) is 18.7. The Kier molecular flexibility index (Phi) is 8.34. The third-order valence-corrected chi connectivity index (χ3v) is 14.7. The summed E-state index contributed by atoms with van der Waals surface area (Å²) in [6.45, 7) is 0. The Balaban J connectivity index is 1.20. The standard InChI is InChI=1S/C61H40N2S/c1-5-19-41(20-6-1)62(42-21-7-2-8-22-42)45-33-35-49-47-27-13-14-28-48(47)50-36-34-46(63(43-23-9-3-10-24-43)44-25-11-4-12-26-44)40-57(50)61(56(49)39-45)54-31-17-15-30-53(54)59-55(61)38-37-52-51-29-16-18-32-58(51)64-60(52)59/h1-40H. The second kappa shape index (κ2) is 14.6. The van der Waals surface area contributed by atoms with Gasteiger partial charge in [-0.15, -0.1) is 11.3 Å². The van der Waals surface area contributed by atoms with Gasteiger partial charge < -0.3 is 9.80 Å². The zero-order valence-electron chi connectivity index (χ0n) is 34.9. The second-order valence-corrected chi connectivity index (χ2v) is 17.8. The van der Waals surface area contributed by atoms with Crippen molar-refractivity contribution in [3.63, 3.8) is 0 Å². The van der Waals surface area contributed by atoms with Crippen LogP contribution in [-0.2, 0) is 5.41 Å². The highest BCUT2D eigenvalue weighted by molar-refractivity contribution is 7.26. The third kappa shape index (κ3) is 5.38. The van der Waals surface area contributed by atoms with Crippen LogP contribution < -0.4 is 9.80 Å². The molecule has 0 fully saturated rings. The number of anilines is 6. The number of hydrogen-bond donors (Lipinski definition) is 0. The molecule has 0 N–H and O–H groups in total. The van der Waals surface area contributed by atoms with Gasteiger partial charge in [0.1, 0.15) is 0 Å². The van der Waals surface area contributed by atoms with E-state index < -0.39 is 5.41 Å². The van der Waals surface area contributed by atoms with Gasteiger partial charge in [0.05, 0.1) is 5.41 Å². The van der Waals surface area contributed by atoms with E-state index in [0.29, 0.717) is 0 Å². The van der Waals surface area contributed by atoms with E-state index in [9.17, 15) is 0 Å². The summed E-state index contributed by atoms with van der Waals surface area (Å²) in [6.07, 6.45) is 0. The smallest absolute Gasteiger partial charge is 0.0727 e. The fourth-order valence-electron chi connectivity index (χ4n) is 10.9. The van der Waals surface area contributed by atoms with Gasteiger partial charge in [-0.25, -0.2) is 0 Å². The van der Waals surface area contributed by atoms with Crippen molar-refractivity contribution in [3.8, 4) is 33.4 Å². The maximum absolute atomic E-state index is 2.51. The Morgan fingerprint density at radius 2 is 0.719 bits per heavy atom. The van der Waals surface area contributed by atoms with Crippen LogP contribution in [0.25, 0.3) is 53.6 Å². The molecule has 3 heteroatoms. The summed E-state index contributed by atoms with van der Waals surface area (Å²) in [6, 6.07) is 89.8. The maximum atomic E-state index is 2.51. The molecule has 0 atom stereocenters. The predicted molar refractivity (Wildman–Crippen MR) is 270 cm³/mol. The molecule has 0 saturated carbocycles. The highest BCUT2D eigenvalue weighted by atomic mass is 32.1. The molecule has 0 amide bonds. The second-order valence-electron chi connectivity index (χ2n) is 16.8. The average Bonchev–Trinajstić information content (AvgIpc) is 3.86. The molecular weight excluding hydrogens is 793 g/mol. The van der Waals surface area contributed by atoms with Crippen LogP contribution in [0.3, 0.4) is 0 Å². The molecule has 2 aliphatic carbocycles. The minimum absolute atomic E-state index is 0.718. The van der Waals surface area contributed by atoms with E-state index in [2.05, 4.69) is 252 Å². The number of fused-ring (bicyclic) bond motifs is 16. The SMILES string of the molecule is c1ccc(N(c2ccccc2)c2ccc3c(c2)C2(c4cc(N(c5ccccc5)c5ccccc5)ccc4-c4ccccc4-3)c3ccccc3-c3c2ccc2c3sc3ccccc32)cc1. The highest BCUT2D eigenvalue weighted by Crippen LogP contribution is 2.64. The molecule has 2 aliphatic rings. The minimum Gasteiger partial charge on any atom is -0.310 e. The first-order valence-electron chi connectivity index (χ1n) is 22.0. The van der Waals surface area contributed by atoms with E-state index in [1.165, 1.54) is 75.8 Å². The molecule has 0 radical (unpaired) electrons. The lowest BCUT2D eigenvalue weighted by molar-refractivity contribution is 0.776. The molecule has 0 saturated heterocycles. The van der Waals surface area contributed by atoms with Gasteiger partial charge in [0.15, 0.2) is 0 Å². The number of benzene rings is 10. The zero-order valence-corrected chi connectivity index (χ0v) is 35.7. The average molecular weight is 833 g/mol. The molecule has 10 aromatic carbocycles. The lowest BCUT2D eigenvalue weighted by Crippen LogP contribution is -2.30. The quantitative estimate of drug-likeness (QED) is 0.165. The summed E-state index contributed by atoms with van der Waals surface area (Å²) in [4.78, 5) is 4.82. The van der Waals surface area contributed by atoms with Crippen LogP contribution in [0.15, 0.2) is 243 Å². The van der Waals surface area contributed by atoms with Crippen molar-refractivity contribution in [2.24, 2.45) is 0 Å². The number of thiophene rings is 1. The van der Waals surface area contributed by atoms with Gasteiger partial charge in [0, 0.05) is 59.9 Å². The molecule has 0 unspecified atom stereocenters. The van der Waals surface area contributed by atoms with E-state index in [1.54, 1.807) is 0 Å². The van der Waals surface area contributed by atoms with E-state index in [4.69, 9.17) is 0 Å². The molecule has 1 heterocycles. The fraction of sp³-hybridized carbons (Fsp3) is 0.0164. The number of nitrogens with zero attached hydrogens (tertiary/aromatic N) is 2. The van der Waals surface area contributed by atoms with Gasteiger partial charge >= 0.3 is 0 Å².